The van der Waals surface area contributed by atoms with Crippen LogP contribution in [0.3, 0.4) is 0 Å². The molecule has 2 aliphatic heterocycles. The van der Waals surface area contributed by atoms with Crippen LogP contribution >= 0.6 is 0 Å². The molecule has 0 spiro atoms. The molecule has 1 aliphatic carbocycles. The summed E-state index contributed by atoms with van der Waals surface area (Å²) in [6, 6.07) is 0.246. The molecule has 2 amide bonds. The monoisotopic (exact) mass is 252 g/mol. The molecule has 5 nitrogen and oxygen atoms in total. The Morgan fingerprint density at radius 1 is 1.33 bits per heavy atom. The predicted octanol–water partition coefficient (Wildman–Crippen LogP) is 0.293. The van der Waals surface area contributed by atoms with E-state index in [0.29, 0.717) is 26.1 Å². The first-order chi connectivity index (χ1) is 8.75. The number of nitrogens with zero attached hydrogens (tertiary/aromatic N) is 1. The van der Waals surface area contributed by atoms with Crippen LogP contribution in [0.2, 0.25) is 0 Å². The maximum atomic E-state index is 12.5. The Balaban J connectivity index is 1.69. The van der Waals surface area contributed by atoms with Gasteiger partial charge in [0.25, 0.3) is 0 Å². The number of hydrogen-bond acceptors (Lipinski definition) is 3. The van der Waals surface area contributed by atoms with Gasteiger partial charge < -0.3 is 15.0 Å². The Hall–Kier alpha value is -1.10. The van der Waals surface area contributed by atoms with Crippen molar-refractivity contribution < 1.29 is 14.3 Å². The molecule has 0 aromatic rings. The molecular formula is C13H20N2O3. The molecule has 3 unspecified atom stereocenters. The van der Waals surface area contributed by atoms with Crippen molar-refractivity contribution >= 4 is 11.8 Å². The molecule has 18 heavy (non-hydrogen) atoms. The number of amides is 2. The summed E-state index contributed by atoms with van der Waals surface area (Å²) in [4.78, 5) is 25.7. The lowest BCUT2D eigenvalue weighted by atomic mass is 9.89. The van der Waals surface area contributed by atoms with Crippen molar-refractivity contribution in [1.82, 2.24) is 10.2 Å². The Morgan fingerprint density at radius 2 is 2.17 bits per heavy atom. The van der Waals surface area contributed by atoms with Gasteiger partial charge in [0.1, 0.15) is 0 Å². The van der Waals surface area contributed by atoms with E-state index in [9.17, 15) is 9.59 Å². The van der Waals surface area contributed by atoms with Gasteiger partial charge in [0.05, 0.1) is 24.7 Å². The fourth-order valence-electron chi connectivity index (χ4n) is 3.38. The van der Waals surface area contributed by atoms with Crippen LogP contribution in [-0.2, 0) is 14.3 Å². The summed E-state index contributed by atoms with van der Waals surface area (Å²) in [6.07, 6.45) is 5.07. The van der Waals surface area contributed by atoms with Crippen LogP contribution in [-0.4, -0.2) is 48.6 Å². The van der Waals surface area contributed by atoms with Gasteiger partial charge in [0, 0.05) is 19.5 Å². The second-order valence-corrected chi connectivity index (χ2v) is 5.50. The lowest BCUT2D eigenvalue weighted by Crippen LogP contribution is -2.56. The molecule has 0 aromatic carbocycles. The summed E-state index contributed by atoms with van der Waals surface area (Å²) < 4.78 is 5.77. The van der Waals surface area contributed by atoms with E-state index in [4.69, 9.17) is 4.74 Å². The zero-order valence-corrected chi connectivity index (χ0v) is 10.6. The van der Waals surface area contributed by atoms with Crippen molar-refractivity contribution in [3.05, 3.63) is 0 Å². The Morgan fingerprint density at radius 3 is 2.94 bits per heavy atom. The second kappa shape index (κ2) is 4.88. The van der Waals surface area contributed by atoms with E-state index in [2.05, 4.69) is 5.32 Å². The van der Waals surface area contributed by atoms with Crippen LogP contribution < -0.4 is 5.32 Å². The number of fused-ring (bicyclic) bond motifs is 1. The number of nitrogens with one attached hydrogen (secondary N) is 1. The molecule has 100 valence electrons. The Labute approximate surface area is 107 Å². The molecular weight excluding hydrogens is 232 g/mol. The van der Waals surface area contributed by atoms with Crippen molar-refractivity contribution in [3.8, 4) is 0 Å². The minimum Gasteiger partial charge on any atom is -0.374 e. The van der Waals surface area contributed by atoms with Crippen molar-refractivity contribution in [2.24, 2.45) is 5.92 Å². The first-order valence-electron chi connectivity index (χ1n) is 6.94. The fourth-order valence-corrected chi connectivity index (χ4v) is 3.38. The van der Waals surface area contributed by atoms with Gasteiger partial charge >= 0.3 is 0 Å². The molecule has 0 bridgehead atoms. The van der Waals surface area contributed by atoms with E-state index in [1.54, 1.807) is 0 Å². The molecule has 0 aromatic heterocycles. The zero-order chi connectivity index (χ0) is 12.5. The van der Waals surface area contributed by atoms with Gasteiger partial charge in [0.15, 0.2) is 0 Å². The SMILES string of the molecule is O=C1CC(C(=O)N2CCOC3CCCCC32)CN1. The maximum Gasteiger partial charge on any atom is 0.228 e. The standard InChI is InChI=1S/C13H20N2O3/c16-12-7-9(8-14-12)13(17)15-5-6-18-11-4-2-1-3-10(11)15/h9-11H,1-8H2,(H,14,16). The van der Waals surface area contributed by atoms with Gasteiger partial charge in [-0.25, -0.2) is 0 Å². The third kappa shape index (κ3) is 2.11. The third-order valence-corrected chi connectivity index (χ3v) is 4.34. The first-order valence-corrected chi connectivity index (χ1v) is 6.94. The third-order valence-electron chi connectivity index (χ3n) is 4.34. The van der Waals surface area contributed by atoms with E-state index in [1.165, 1.54) is 12.8 Å². The van der Waals surface area contributed by atoms with E-state index in [1.807, 2.05) is 4.90 Å². The van der Waals surface area contributed by atoms with Crippen molar-refractivity contribution in [3.63, 3.8) is 0 Å². The first kappa shape index (κ1) is 12.0. The van der Waals surface area contributed by atoms with E-state index < -0.39 is 0 Å². The molecule has 2 heterocycles. The number of hydrogen-bond donors (Lipinski definition) is 1. The number of carbonyl (C=O) groups is 2. The van der Waals surface area contributed by atoms with Crippen LogP contribution in [0.5, 0.6) is 0 Å². The zero-order valence-electron chi connectivity index (χ0n) is 10.6. The summed E-state index contributed by atoms with van der Waals surface area (Å²) >= 11 is 0. The molecule has 1 saturated carbocycles. The largest absolute Gasteiger partial charge is 0.374 e. The molecule has 5 heteroatoms. The highest BCUT2D eigenvalue weighted by Crippen LogP contribution is 2.30. The normalized spacial score (nSPS) is 36.1. The van der Waals surface area contributed by atoms with Crippen molar-refractivity contribution in [2.75, 3.05) is 19.7 Å². The van der Waals surface area contributed by atoms with Crippen molar-refractivity contribution in [2.45, 2.75) is 44.2 Å². The van der Waals surface area contributed by atoms with E-state index in [0.717, 1.165) is 12.8 Å². The Kier molecular flexibility index (Phi) is 3.24. The highest BCUT2D eigenvalue weighted by atomic mass is 16.5. The van der Waals surface area contributed by atoms with Gasteiger partial charge in [-0.05, 0) is 12.8 Å². The van der Waals surface area contributed by atoms with Gasteiger partial charge in [-0.15, -0.1) is 0 Å². The van der Waals surface area contributed by atoms with Gasteiger partial charge in [-0.1, -0.05) is 12.8 Å². The van der Waals surface area contributed by atoms with Crippen molar-refractivity contribution in [1.29, 1.82) is 0 Å². The molecule has 3 fully saturated rings. The van der Waals surface area contributed by atoms with Crippen LogP contribution in [0.4, 0.5) is 0 Å². The average molecular weight is 252 g/mol. The molecule has 3 atom stereocenters. The number of carbonyl (C=O) groups excluding carboxylic acids is 2. The predicted molar refractivity (Wildman–Crippen MR) is 64.8 cm³/mol. The lowest BCUT2D eigenvalue weighted by molar-refractivity contribution is -0.153. The van der Waals surface area contributed by atoms with Crippen LogP contribution in [0.15, 0.2) is 0 Å². The smallest absolute Gasteiger partial charge is 0.228 e. The molecule has 3 rings (SSSR count). The van der Waals surface area contributed by atoms with E-state index >= 15 is 0 Å². The highest BCUT2D eigenvalue weighted by Gasteiger charge is 2.40. The van der Waals surface area contributed by atoms with Crippen LogP contribution in [0, 0.1) is 5.92 Å². The summed E-state index contributed by atoms with van der Waals surface area (Å²) in [5, 5.41) is 2.74. The number of ether oxygens (including phenoxy) is 1. The summed E-state index contributed by atoms with van der Waals surface area (Å²) in [7, 11) is 0. The van der Waals surface area contributed by atoms with Gasteiger partial charge in [-0.3, -0.25) is 9.59 Å². The lowest BCUT2D eigenvalue weighted by Gasteiger charge is -2.44. The second-order valence-electron chi connectivity index (χ2n) is 5.50. The van der Waals surface area contributed by atoms with E-state index in [-0.39, 0.29) is 29.9 Å². The highest BCUT2D eigenvalue weighted by molar-refractivity contribution is 5.89. The van der Waals surface area contributed by atoms with Crippen LogP contribution in [0.1, 0.15) is 32.1 Å². The number of rotatable bonds is 1. The average Bonchev–Trinajstić information content (AvgIpc) is 2.84. The molecule has 3 aliphatic rings. The van der Waals surface area contributed by atoms with Gasteiger partial charge in [0.2, 0.25) is 11.8 Å². The minimum absolute atomic E-state index is 0.00167. The molecule has 1 N–H and O–H groups in total. The molecule has 0 radical (unpaired) electrons. The summed E-state index contributed by atoms with van der Waals surface area (Å²) in [5.74, 6) is -0.00599. The summed E-state index contributed by atoms with van der Waals surface area (Å²) in [6.45, 7) is 1.83. The Bertz CT molecular complexity index is 356. The number of morpholine rings is 1. The minimum atomic E-state index is -0.154. The quantitative estimate of drug-likeness (QED) is 0.730. The molecule has 2 saturated heterocycles. The fraction of sp³-hybridized carbons (Fsp3) is 0.846. The van der Waals surface area contributed by atoms with Crippen LogP contribution in [0.25, 0.3) is 0 Å². The maximum absolute atomic E-state index is 12.5. The topological polar surface area (TPSA) is 58.6 Å². The van der Waals surface area contributed by atoms with Gasteiger partial charge in [-0.2, -0.15) is 0 Å². The summed E-state index contributed by atoms with van der Waals surface area (Å²) in [5.41, 5.74) is 0.